The molecule has 0 aliphatic carbocycles. The lowest BCUT2D eigenvalue weighted by molar-refractivity contribution is -0.0299. The number of amides is 1. The van der Waals surface area contributed by atoms with Gasteiger partial charge in [0.25, 0.3) is 11.5 Å². The molecule has 4 aromatic rings. The van der Waals surface area contributed by atoms with Crippen molar-refractivity contribution in [3.63, 3.8) is 0 Å². The Balaban J connectivity index is 1.17. The molecule has 36 heavy (non-hydrogen) atoms. The number of ether oxygens (including phenoxy) is 1. The standard InChI is InChI=1S/C27H27N5O4/c1-18-2-5-21(6-3-18)32-24-22(15-29-32)26(34)31(17-28-24)16-27(35)9-11-30(12-10-27)25(33)20-4-7-23-19(14-20)8-13-36-23/h2-7,14-15,17,35H,8-13,16H2,1H3. The maximum absolute atomic E-state index is 13.2. The molecule has 6 rings (SSSR count). The lowest BCUT2D eigenvalue weighted by Gasteiger charge is -2.38. The molecular weight excluding hydrogens is 458 g/mol. The number of nitrogens with zero attached hydrogens (tertiary/aromatic N) is 5. The second kappa shape index (κ2) is 8.60. The molecule has 2 aromatic carbocycles. The number of aryl methyl sites for hydroxylation is 1. The predicted octanol–water partition coefficient (Wildman–Crippen LogP) is 2.49. The van der Waals surface area contributed by atoms with E-state index in [4.69, 9.17) is 4.74 Å². The minimum Gasteiger partial charge on any atom is -0.493 e. The van der Waals surface area contributed by atoms with Gasteiger partial charge in [0, 0.05) is 25.1 Å². The molecule has 9 nitrogen and oxygen atoms in total. The molecule has 0 spiro atoms. The molecule has 0 unspecified atom stereocenters. The molecule has 1 amide bonds. The van der Waals surface area contributed by atoms with Crippen LogP contribution in [-0.4, -0.2) is 60.5 Å². The topological polar surface area (TPSA) is 102 Å². The maximum atomic E-state index is 13.2. The number of piperidine rings is 1. The molecule has 0 bridgehead atoms. The Morgan fingerprint density at radius 3 is 2.69 bits per heavy atom. The van der Waals surface area contributed by atoms with E-state index in [1.807, 2.05) is 43.3 Å². The van der Waals surface area contributed by atoms with Crippen LogP contribution < -0.4 is 10.3 Å². The molecule has 1 fully saturated rings. The number of likely N-dealkylation sites (tertiary alicyclic amines) is 1. The number of carbonyl (C=O) groups excluding carboxylic acids is 1. The summed E-state index contributed by atoms with van der Waals surface area (Å²) in [4.78, 5) is 32.5. The SMILES string of the molecule is Cc1ccc(-n2ncc3c(=O)n(CC4(O)CCN(C(=O)c5ccc6c(c5)CCO6)CC4)cnc32)cc1. The summed E-state index contributed by atoms with van der Waals surface area (Å²) in [6, 6.07) is 13.4. The molecule has 9 heteroatoms. The first-order valence-electron chi connectivity index (χ1n) is 12.2. The third-order valence-electron chi connectivity index (χ3n) is 7.22. The van der Waals surface area contributed by atoms with E-state index in [1.54, 1.807) is 15.6 Å². The second-order valence-corrected chi connectivity index (χ2v) is 9.74. The minimum atomic E-state index is -1.10. The number of aromatic nitrogens is 4. The number of hydrogen-bond donors (Lipinski definition) is 1. The van der Waals surface area contributed by atoms with E-state index in [0.717, 1.165) is 29.0 Å². The number of fused-ring (bicyclic) bond motifs is 2. The lowest BCUT2D eigenvalue weighted by Crippen LogP contribution is -2.49. The summed E-state index contributed by atoms with van der Waals surface area (Å²) in [5.74, 6) is 0.801. The Labute approximate surface area is 207 Å². The summed E-state index contributed by atoms with van der Waals surface area (Å²) >= 11 is 0. The van der Waals surface area contributed by atoms with Gasteiger partial charge in [0.1, 0.15) is 17.5 Å². The van der Waals surface area contributed by atoms with Crippen LogP contribution >= 0.6 is 0 Å². The van der Waals surface area contributed by atoms with Gasteiger partial charge in [-0.05, 0) is 55.7 Å². The van der Waals surface area contributed by atoms with Gasteiger partial charge >= 0.3 is 0 Å². The Morgan fingerprint density at radius 1 is 1.14 bits per heavy atom. The first kappa shape index (κ1) is 22.5. The summed E-state index contributed by atoms with van der Waals surface area (Å²) in [7, 11) is 0. The predicted molar refractivity (Wildman–Crippen MR) is 134 cm³/mol. The van der Waals surface area contributed by atoms with E-state index in [1.165, 1.54) is 17.1 Å². The van der Waals surface area contributed by atoms with Gasteiger partial charge < -0.3 is 14.7 Å². The average molecular weight is 486 g/mol. The number of aliphatic hydroxyl groups is 1. The zero-order chi connectivity index (χ0) is 24.9. The van der Waals surface area contributed by atoms with Crippen molar-refractivity contribution in [2.24, 2.45) is 0 Å². The first-order valence-corrected chi connectivity index (χ1v) is 12.2. The van der Waals surface area contributed by atoms with Crippen LogP contribution in [0.3, 0.4) is 0 Å². The minimum absolute atomic E-state index is 0.0458. The van der Waals surface area contributed by atoms with Crippen molar-refractivity contribution in [3.05, 3.63) is 82.0 Å². The Kier molecular flexibility index (Phi) is 5.37. The van der Waals surface area contributed by atoms with Crippen LogP contribution in [0.15, 0.2) is 59.8 Å². The summed E-state index contributed by atoms with van der Waals surface area (Å²) in [6.45, 7) is 3.60. The van der Waals surface area contributed by atoms with Crippen LogP contribution in [0.1, 0.15) is 34.3 Å². The highest BCUT2D eigenvalue weighted by molar-refractivity contribution is 5.94. The zero-order valence-corrected chi connectivity index (χ0v) is 20.1. The Hall–Kier alpha value is -3.98. The smallest absolute Gasteiger partial charge is 0.264 e. The van der Waals surface area contributed by atoms with Gasteiger partial charge in [-0.15, -0.1) is 0 Å². The Bertz CT molecular complexity index is 1510. The van der Waals surface area contributed by atoms with Crippen LogP contribution in [0.4, 0.5) is 0 Å². The highest BCUT2D eigenvalue weighted by Crippen LogP contribution is 2.29. The van der Waals surface area contributed by atoms with Gasteiger partial charge in [-0.1, -0.05) is 17.7 Å². The molecule has 1 N–H and O–H groups in total. The van der Waals surface area contributed by atoms with Crippen LogP contribution in [0.25, 0.3) is 16.7 Å². The van der Waals surface area contributed by atoms with Gasteiger partial charge in [0.15, 0.2) is 5.65 Å². The number of hydrogen-bond acceptors (Lipinski definition) is 6. The second-order valence-electron chi connectivity index (χ2n) is 9.74. The fourth-order valence-electron chi connectivity index (χ4n) is 5.04. The normalized spacial score (nSPS) is 16.7. The van der Waals surface area contributed by atoms with Crippen molar-refractivity contribution in [1.29, 1.82) is 0 Å². The number of carbonyl (C=O) groups is 1. The third kappa shape index (κ3) is 3.95. The van der Waals surface area contributed by atoms with Crippen LogP contribution in [0, 0.1) is 6.92 Å². The highest BCUT2D eigenvalue weighted by Gasteiger charge is 2.35. The van der Waals surface area contributed by atoms with Crippen LogP contribution in [-0.2, 0) is 13.0 Å². The van der Waals surface area contributed by atoms with E-state index in [2.05, 4.69) is 10.1 Å². The van der Waals surface area contributed by atoms with Crippen molar-refractivity contribution in [2.75, 3.05) is 19.7 Å². The summed E-state index contributed by atoms with van der Waals surface area (Å²) in [5, 5.41) is 16.0. The van der Waals surface area contributed by atoms with Crippen LogP contribution in [0.5, 0.6) is 5.75 Å². The average Bonchev–Trinajstić information content (AvgIpc) is 3.53. The van der Waals surface area contributed by atoms with Crippen molar-refractivity contribution in [3.8, 4) is 11.4 Å². The van der Waals surface area contributed by atoms with Gasteiger partial charge in [0.2, 0.25) is 0 Å². The van der Waals surface area contributed by atoms with E-state index in [0.29, 0.717) is 49.1 Å². The molecule has 184 valence electrons. The Morgan fingerprint density at radius 2 is 1.92 bits per heavy atom. The highest BCUT2D eigenvalue weighted by atomic mass is 16.5. The van der Waals surface area contributed by atoms with Crippen molar-refractivity contribution in [1.82, 2.24) is 24.2 Å². The molecule has 2 aromatic heterocycles. The van der Waals surface area contributed by atoms with E-state index in [-0.39, 0.29) is 18.0 Å². The van der Waals surface area contributed by atoms with Gasteiger partial charge in [-0.25, -0.2) is 9.67 Å². The first-order chi connectivity index (χ1) is 17.4. The van der Waals surface area contributed by atoms with Gasteiger partial charge in [0.05, 0.1) is 30.6 Å². The van der Waals surface area contributed by atoms with Crippen molar-refractivity contribution in [2.45, 2.75) is 38.3 Å². The van der Waals surface area contributed by atoms with Crippen molar-refractivity contribution < 1.29 is 14.6 Å². The monoisotopic (exact) mass is 485 g/mol. The summed E-state index contributed by atoms with van der Waals surface area (Å²) in [5.41, 5.74) is 2.79. The maximum Gasteiger partial charge on any atom is 0.264 e. The largest absolute Gasteiger partial charge is 0.493 e. The van der Waals surface area contributed by atoms with Gasteiger partial charge in [-0.2, -0.15) is 5.10 Å². The molecular formula is C27H27N5O4. The third-order valence-corrected chi connectivity index (χ3v) is 7.22. The van der Waals surface area contributed by atoms with Crippen molar-refractivity contribution >= 4 is 16.9 Å². The summed E-state index contributed by atoms with van der Waals surface area (Å²) < 4.78 is 8.62. The summed E-state index contributed by atoms with van der Waals surface area (Å²) in [6.07, 6.45) is 4.56. The number of benzene rings is 2. The fraction of sp³-hybridized carbons (Fsp3) is 0.333. The molecule has 2 aliphatic heterocycles. The van der Waals surface area contributed by atoms with Gasteiger partial charge in [-0.3, -0.25) is 14.2 Å². The van der Waals surface area contributed by atoms with E-state index >= 15 is 0 Å². The zero-order valence-electron chi connectivity index (χ0n) is 20.1. The molecule has 0 saturated carbocycles. The molecule has 1 saturated heterocycles. The van der Waals surface area contributed by atoms with E-state index < -0.39 is 5.60 Å². The van der Waals surface area contributed by atoms with E-state index in [9.17, 15) is 14.7 Å². The molecule has 0 atom stereocenters. The fourth-order valence-corrected chi connectivity index (χ4v) is 5.04. The molecule has 0 radical (unpaired) electrons. The molecule has 4 heterocycles. The molecule has 2 aliphatic rings. The number of rotatable bonds is 4. The van der Waals surface area contributed by atoms with Crippen LogP contribution in [0.2, 0.25) is 0 Å². The quantitative estimate of drug-likeness (QED) is 0.477. The lowest BCUT2D eigenvalue weighted by atomic mass is 9.90.